The van der Waals surface area contributed by atoms with Crippen LogP contribution in [-0.4, -0.2) is 29.0 Å². The number of rotatable bonds is 6. The van der Waals surface area contributed by atoms with Crippen molar-refractivity contribution >= 4 is 23.4 Å². The van der Waals surface area contributed by atoms with Gasteiger partial charge in [0.2, 0.25) is 5.91 Å². The predicted octanol–water partition coefficient (Wildman–Crippen LogP) is 3.88. The molecule has 0 radical (unpaired) electrons. The Labute approximate surface area is 150 Å². The number of aromatic nitrogens is 2. The monoisotopic (exact) mass is 351 g/mol. The Morgan fingerprint density at radius 2 is 1.76 bits per heavy atom. The van der Waals surface area contributed by atoms with E-state index in [2.05, 4.69) is 15.5 Å². The van der Waals surface area contributed by atoms with Gasteiger partial charge in [-0.15, -0.1) is 10.2 Å². The highest BCUT2D eigenvalue weighted by Crippen LogP contribution is 2.24. The third-order valence-electron chi connectivity index (χ3n) is 3.44. The lowest BCUT2D eigenvalue weighted by Crippen LogP contribution is -2.14. The number of ether oxygens (including phenoxy) is 1. The molecule has 3 aromatic rings. The van der Waals surface area contributed by atoms with Gasteiger partial charge < -0.3 is 10.1 Å². The minimum atomic E-state index is -0.122. The van der Waals surface area contributed by atoms with Gasteiger partial charge >= 0.3 is 0 Å². The van der Waals surface area contributed by atoms with Crippen LogP contribution >= 0.6 is 11.8 Å². The zero-order valence-electron chi connectivity index (χ0n) is 13.7. The predicted molar refractivity (Wildman–Crippen MR) is 99.8 cm³/mol. The molecular formula is C19H17N3O2S. The first kappa shape index (κ1) is 17.0. The molecule has 0 atom stereocenters. The van der Waals surface area contributed by atoms with Crippen LogP contribution < -0.4 is 10.1 Å². The third kappa shape index (κ3) is 4.58. The molecule has 1 aromatic heterocycles. The van der Waals surface area contributed by atoms with Gasteiger partial charge in [0.1, 0.15) is 10.8 Å². The van der Waals surface area contributed by atoms with E-state index in [1.807, 2.05) is 54.6 Å². The highest BCUT2D eigenvalue weighted by Gasteiger charge is 2.08. The average molecular weight is 351 g/mol. The van der Waals surface area contributed by atoms with Crippen molar-refractivity contribution in [3.05, 3.63) is 66.7 Å². The van der Waals surface area contributed by atoms with E-state index in [0.29, 0.717) is 16.5 Å². The van der Waals surface area contributed by atoms with Crippen molar-refractivity contribution in [3.8, 4) is 17.0 Å². The Bertz CT molecular complexity index is 839. The van der Waals surface area contributed by atoms with Crippen LogP contribution in [0.4, 0.5) is 5.69 Å². The van der Waals surface area contributed by atoms with Crippen LogP contribution in [-0.2, 0) is 4.79 Å². The summed E-state index contributed by atoms with van der Waals surface area (Å²) in [7, 11) is 1.57. The Hall–Kier alpha value is -2.86. The van der Waals surface area contributed by atoms with Gasteiger partial charge in [-0.25, -0.2) is 0 Å². The van der Waals surface area contributed by atoms with Crippen LogP contribution in [0, 0.1) is 0 Å². The summed E-state index contributed by atoms with van der Waals surface area (Å²) >= 11 is 1.34. The zero-order chi connectivity index (χ0) is 17.5. The highest BCUT2D eigenvalue weighted by molar-refractivity contribution is 7.99. The largest absolute Gasteiger partial charge is 0.495 e. The summed E-state index contributed by atoms with van der Waals surface area (Å²) in [6, 6.07) is 20.9. The molecule has 0 aliphatic rings. The van der Waals surface area contributed by atoms with Gasteiger partial charge in [-0.3, -0.25) is 4.79 Å². The number of nitrogens with one attached hydrogen (secondary N) is 1. The summed E-state index contributed by atoms with van der Waals surface area (Å²) in [6.07, 6.45) is 0. The molecule has 3 rings (SSSR count). The molecule has 0 aliphatic heterocycles. The van der Waals surface area contributed by atoms with Crippen LogP contribution in [0.1, 0.15) is 0 Å². The van der Waals surface area contributed by atoms with E-state index in [0.717, 1.165) is 11.3 Å². The molecule has 2 aromatic carbocycles. The lowest BCUT2D eigenvalue weighted by Gasteiger charge is -2.09. The molecular weight excluding hydrogens is 334 g/mol. The van der Waals surface area contributed by atoms with Crippen molar-refractivity contribution in [3.63, 3.8) is 0 Å². The summed E-state index contributed by atoms with van der Waals surface area (Å²) in [6.45, 7) is 0. The van der Waals surface area contributed by atoms with E-state index in [1.54, 1.807) is 19.2 Å². The maximum absolute atomic E-state index is 12.1. The molecule has 0 saturated heterocycles. The van der Waals surface area contributed by atoms with Crippen molar-refractivity contribution in [2.45, 2.75) is 5.03 Å². The molecule has 6 heteroatoms. The molecule has 0 unspecified atom stereocenters. The van der Waals surface area contributed by atoms with E-state index < -0.39 is 0 Å². The Morgan fingerprint density at radius 3 is 2.48 bits per heavy atom. The maximum Gasteiger partial charge on any atom is 0.234 e. The Balaban J connectivity index is 1.57. The van der Waals surface area contributed by atoms with Crippen molar-refractivity contribution < 1.29 is 9.53 Å². The summed E-state index contributed by atoms with van der Waals surface area (Å²) in [5.41, 5.74) is 2.48. The molecule has 0 saturated carbocycles. The second-order valence-electron chi connectivity index (χ2n) is 5.16. The SMILES string of the molecule is COc1ccccc1NC(=O)CSc1ccc(-c2ccccc2)nn1. The molecule has 126 valence electrons. The fraction of sp³-hybridized carbons (Fsp3) is 0.105. The van der Waals surface area contributed by atoms with Crippen molar-refractivity contribution in [2.75, 3.05) is 18.2 Å². The summed E-state index contributed by atoms with van der Waals surface area (Å²) in [5.74, 6) is 0.758. The molecule has 0 spiro atoms. The first-order valence-corrected chi connectivity index (χ1v) is 8.69. The topological polar surface area (TPSA) is 64.1 Å². The number of anilines is 1. The van der Waals surface area contributed by atoms with Gasteiger partial charge in [0, 0.05) is 5.56 Å². The van der Waals surface area contributed by atoms with E-state index in [-0.39, 0.29) is 11.7 Å². The summed E-state index contributed by atoms with van der Waals surface area (Å²) < 4.78 is 5.22. The van der Waals surface area contributed by atoms with Gasteiger partial charge in [-0.1, -0.05) is 54.2 Å². The zero-order valence-corrected chi connectivity index (χ0v) is 14.5. The van der Waals surface area contributed by atoms with Crippen LogP contribution in [0.3, 0.4) is 0 Å². The number of carbonyl (C=O) groups is 1. The standard InChI is InChI=1S/C19H17N3O2S/c1-24-17-10-6-5-9-16(17)20-18(23)13-25-19-12-11-15(21-22-19)14-7-3-2-4-8-14/h2-12H,13H2,1H3,(H,20,23). The quantitative estimate of drug-likeness (QED) is 0.683. The molecule has 0 bridgehead atoms. The lowest BCUT2D eigenvalue weighted by molar-refractivity contribution is -0.113. The number of thioether (sulfide) groups is 1. The third-order valence-corrected chi connectivity index (χ3v) is 4.36. The normalized spacial score (nSPS) is 10.3. The fourth-order valence-corrected chi connectivity index (χ4v) is 2.85. The van der Waals surface area contributed by atoms with Gasteiger partial charge in [0.15, 0.2) is 0 Å². The number of hydrogen-bond acceptors (Lipinski definition) is 5. The number of nitrogens with zero attached hydrogens (tertiary/aromatic N) is 2. The van der Waals surface area contributed by atoms with Crippen molar-refractivity contribution in [1.29, 1.82) is 0 Å². The van der Waals surface area contributed by atoms with Gasteiger partial charge in [0.05, 0.1) is 24.2 Å². The molecule has 0 fully saturated rings. The first-order valence-electron chi connectivity index (χ1n) is 7.71. The second-order valence-corrected chi connectivity index (χ2v) is 6.16. The maximum atomic E-state index is 12.1. The second kappa shape index (κ2) is 8.30. The van der Waals surface area contributed by atoms with Crippen LogP contribution in [0.15, 0.2) is 71.8 Å². The summed E-state index contributed by atoms with van der Waals surface area (Å²) in [4.78, 5) is 12.1. The van der Waals surface area contributed by atoms with E-state index in [1.165, 1.54) is 11.8 Å². The fourth-order valence-electron chi connectivity index (χ4n) is 2.23. The molecule has 25 heavy (non-hydrogen) atoms. The molecule has 1 amide bonds. The number of para-hydroxylation sites is 2. The summed E-state index contributed by atoms with van der Waals surface area (Å²) in [5, 5.41) is 11.9. The van der Waals surface area contributed by atoms with Crippen LogP contribution in [0.5, 0.6) is 5.75 Å². The number of methoxy groups -OCH3 is 1. The van der Waals surface area contributed by atoms with Gasteiger partial charge in [0.25, 0.3) is 0 Å². The van der Waals surface area contributed by atoms with Gasteiger partial charge in [-0.2, -0.15) is 0 Å². The molecule has 1 N–H and O–H groups in total. The molecule has 1 heterocycles. The highest BCUT2D eigenvalue weighted by atomic mass is 32.2. The van der Waals surface area contributed by atoms with E-state index >= 15 is 0 Å². The minimum absolute atomic E-state index is 0.122. The van der Waals surface area contributed by atoms with Crippen LogP contribution in [0.25, 0.3) is 11.3 Å². The lowest BCUT2D eigenvalue weighted by atomic mass is 10.1. The Morgan fingerprint density at radius 1 is 1.00 bits per heavy atom. The van der Waals surface area contributed by atoms with Crippen molar-refractivity contribution in [1.82, 2.24) is 10.2 Å². The molecule has 0 aliphatic carbocycles. The van der Waals surface area contributed by atoms with Crippen molar-refractivity contribution in [2.24, 2.45) is 0 Å². The van der Waals surface area contributed by atoms with Gasteiger partial charge in [-0.05, 0) is 24.3 Å². The number of hydrogen-bond donors (Lipinski definition) is 1. The number of carbonyl (C=O) groups excluding carboxylic acids is 1. The minimum Gasteiger partial charge on any atom is -0.495 e. The first-order chi connectivity index (χ1) is 12.3. The van der Waals surface area contributed by atoms with E-state index in [4.69, 9.17) is 4.74 Å². The Kier molecular flexibility index (Phi) is 5.64. The van der Waals surface area contributed by atoms with E-state index in [9.17, 15) is 4.79 Å². The van der Waals surface area contributed by atoms with Crippen LogP contribution in [0.2, 0.25) is 0 Å². The average Bonchev–Trinajstić information content (AvgIpc) is 2.68. The number of benzene rings is 2. The number of amides is 1. The smallest absolute Gasteiger partial charge is 0.234 e. The molecule has 5 nitrogen and oxygen atoms in total.